The molecule has 0 spiro atoms. The lowest BCUT2D eigenvalue weighted by atomic mass is 10.1. The summed E-state index contributed by atoms with van der Waals surface area (Å²) in [6.45, 7) is 0. The van der Waals surface area contributed by atoms with E-state index in [0.717, 1.165) is 11.9 Å². The fourth-order valence-electron chi connectivity index (χ4n) is 1.42. The second-order valence-electron chi connectivity index (χ2n) is 3.31. The minimum Gasteiger partial charge on any atom is -0.293 e. The molecule has 0 bridgehead atoms. The van der Waals surface area contributed by atoms with Gasteiger partial charge in [-0.15, -0.1) is 0 Å². The molecule has 0 saturated heterocycles. The normalized spacial score (nSPS) is 11.2. The van der Waals surface area contributed by atoms with Crippen molar-refractivity contribution in [3.63, 3.8) is 0 Å². The monoisotopic (exact) mass is 317 g/mol. The van der Waals surface area contributed by atoms with Crippen molar-refractivity contribution >= 4 is 46.8 Å². The Labute approximate surface area is 123 Å². The number of pyridine rings is 1. The van der Waals surface area contributed by atoms with Gasteiger partial charge in [0.2, 0.25) is 0 Å². The largest absolute Gasteiger partial charge is 0.293 e. The summed E-state index contributed by atoms with van der Waals surface area (Å²) >= 11 is 18.1. The molecule has 0 saturated carbocycles. The zero-order valence-corrected chi connectivity index (χ0v) is 11.9. The van der Waals surface area contributed by atoms with Crippen molar-refractivity contribution in [1.29, 1.82) is 5.26 Å². The average Bonchev–Trinajstić information content (AvgIpc) is 2.71. The zero-order valence-electron chi connectivity index (χ0n) is 8.85. The summed E-state index contributed by atoms with van der Waals surface area (Å²) in [5.41, 5.74) is 1.90. The number of nitriles is 1. The van der Waals surface area contributed by atoms with Crippen LogP contribution in [-0.2, 0) is 0 Å². The van der Waals surface area contributed by atoms with Gasteiger partial charge in [0, 0.05) is 36.1 Å². The average molecular weight is 319 g/mol. The summed E-state index contributed by atoms with van der Waals surface area (Å²) in [5, 5.41) is 9.09. The molecule has 2 aromatic heterocycles. The van der Waals surface area contributed by atoms with Gasteiger partial charge in [-0.3, -0.25) is 8.96 Å². The molecule has 7 heteroatoms. The number of aromatic nitrogens is 2. The minimum absolute atomic E-state index is 0.482. The Morgan fingerprint density at radius 1 is 1.28 bits per heavy atom. The molecule has 0 aromatic carbocycles. The van der Waals surface area contributed by atoms with Gasteiger partial charge < -0.3 is 0 Å². The fraction of sp³-hybridized carbons (Fsp3) is 0.0909. The number of nitrogens with zero attached hydrogens (tertiary/aromatic N) is 3. The molecule has 2 heterocycles. The second-order valence-corrected chi connectivity index (χ2v) is 7.48. The van der Waals surface area contributed by atoms with Gasteiger partial charge in [0.05, 0.1) is 11.3 Å². The molecule has 0 aliphatic heterocycles. The lowest BCUT2D eigenvalue weighted by Gasteiger charge is -2.09. The first-order valence-corrected chi connectivity index (χ1v) is 6.70. The SMILES string of the molecule is N#Cc1cn(SC(Cl)(Cl)Cl)cc1-c1ccccn1. The number of halogens is 3. The number of hydrogen-bond acceptors (Lipinski definition) is 3. The van der Waals surface area contributed by atoms with Gasteiger partial charge in [-0.1, -0.05) is 40.9 Å². The van der Waals surface area contributed by atoms with Crippen LogP contribution in [0.2, 0.25) is 0 Å². The third-order valence-corrected chi connectivity index (χ3v) is 3.32. The molecule has 0 aliphatic rings. The maximum atomic E-state index is 9.09. The fourth-order valence-corrected chi connectivity index (χ4v) is 2.69. The van der Waals surface area contributed by atoms with E-state index < -0.39 is 3.12 Å². The predicted molar refractivity (Wildman–Crippen MR) is 75.7 cm³/mol. The molecule has 3 nitrogen and oxygen atoms in total. The van der Waals surface area contributed by atoms with Crippen LogP contribution in [0.5, 0.6) is 0 Å². The Bertz CT molecular complexity index is 584. The third kappa shape index (κ3) is 3.33. The summed E-state index contributed by atoms with van der Waals surface area (Å²) < 4.78 is 0.114. The van der Waals surface area contributed by atoms with Crippen molar-refractivity contribution in [1.82, 2.24) is 8.96 Å². The van der Waals surface area contributed by atoms with Crippen molar-refractivity contribution in [3.05, 3.63) is 42.4 Å². The van der Waals surface area contributed by atoms with Crippen LogP contribution in [0.1, 0.15) is 5.56 Å². The molecule has 2 rings (SSSR count). The van der Waals surface area contributed by atoms with E-state index in [-0.39, 0.29) is 0 Å². The van der Waals surface area contributed by atoms with Gasteiger partial charge in [-0.05, 0) is 12.1 Å². The Hall–Kier alpha value is -0.860. The van der Waals surface area contributed by atoms with Crippen LogP contribution in [-0.4, -0.2) is 12.1 Å². The molecule has 0 aliphatic carbocycles. The Morgan fingerprint density at radius 3 is 2.61 bits per heavy atom. The van der Waals surface area contributed by atoms with Gasteiger partial charge in [0.1, 0.15) is 6.07 Å². The highest BCUT2D eigenvalue weighted by Crippen LogP contribution is 2.40. The summed E-state index contributed by atoms with van der Waals surface area (Å²) in [4.78, 5) is 4.19. The molecule has 0 amide bonds. The standard InChI is InChI=1S/C11H6Cl3N3S/c12-11(13,14)18-17-6-8(5-15)9(7-17)10-3-1-2-4-16-10/h1-4,6-7H. The number of alkyl halides is 3. The van der Waals surface area contributed by atoms with E-state index in [1.165, 1.54) is 0 Å². The maximum Gasteiger partial charge on any atom is 0.256 e. The zero-order chi connectivity index (χ0) is 13.2. The van der Waals surface area contributed by atoms with Gasteiger partial charge in [0.25, 0.3) is 3.12 Å². The van der Waals surface area contributed by atoms with Crippen LogP contribution in [0, 0.1) is 11.3 Å². The molecule has 92 valence electrons. The van der Waals surface area contributed by atoms with Crippen LogP contribution in [0.15, 0.2) is 36.8 Å². The van der Waals surface area contributed by atoms with E-state index in [9.17, 15) is 0 Å². The topological polar surface area (TPSA) is 41.6 Å². The molecular formula is C11H6Cl3N3S. The predicted octanol–water partition coefficient (Wildman–Crippen LogP) is 4.25. The van der Waals surface area contributed by atoms with Gasteiger partial charge in [0.15, 0.2) is 0 Å². The van der Waals surface area contributed by atoms with Crippen molar-refractivity contribution < 1.29 is 0 Å². The smallest absolute Gasteiger partial charge is 0.256 e. The van der Waals surface area contributed by atoms with E-state index in [2.05, 4.69) is 11.1 Å². The third-order valence-electron chi connectivity index (χ3n) is 2.07. The molecule has 2 aromatic rings. The van der Waals surface area contributed by atoms with Crippen molar-refractivity contribution in [3.8, 4) is 17.3 Å². The molecule has 0 unspecified atom stereocenters. The van der Waals surface area contributed by atoms with E-state index in [1.807, 2.05) is 18.2 Å². The van der Waals surface area contributed by atoms with Gasteiger partial charge in [-0.25, -0.2) is 0 Å². The first-order valence-electron chi connectivity index (χ1n) is 4.79. The number of rotatable bonds is 2. The van der Waals surface area contributed by atoms with Crippen LogP contribution < -0.4 is 0 Å². The van der Waals surface area contributed by atoms with Gasteiger partial charge >= 0.3 is 0 Å². The highest BCUT2D eigenvalue weighted by Gasteiger charge is 2.23. The van der Waals surface area contributed by atoms with Crippen molar-refractivity contribution in [2.24, 2.45) is 0 Å². The van der Waals surface area contributed by atoms with Crippen LogP contribution in [0.25, 0.3) is 11.3 Å². The molecule has 18 heavy (non-hydrogen) atoms. The van der Waals surface area contributed by atoms with Crippen LogP contribution in [0.4, 0.5) is 0 Å². The van der Waals surface area contributed by atoms with E-state index in [1.54, 1.807) is 22.6 Å². The quantitative estimate of drug-likeness (QED) is 0.777. The Morgan fingerprint density at radius 2 is 2.06 bits per heavy atom. The summed E-state index contributed by atoms with van der Waals surface area (Å²) in [6.07, 6.45) is 4.99. The summed E-state index contributed by atoms with van der Waals surface area (Å²) in [5.74, 6) is 0. The highest BCUT2D eigenvalue weighted by atomic mass is 35.6. The van der Waals surface area contributed by atoms with Crippen LogP contribution >= 0.6 is 46.8 Å². The maximum absolute atomic E-state index is 9.09. The van der Waals surface area contributed by atoms with Crippen molar-refractivity contribution in [2.75, 3.05) is 0 Å². The lowest BCUT2D eigenvalue weighted by Crippen LogP contribution is -1.97. The summed E-state index contributed by atoms with van der Waals surface area (Å²) in [7, 11) is 0. The van der Waals surface area contributed by atoms with Crippen molar-refractivity contribution in [2.45, 2.75) is 3.12 Å². The van der Waals surface area contributed by atoms with E-state index in [4.69, 9.17) is 40.1 Å². The van der Waals surface area contributed by atoms with Gasteiger partial charge in [-0.2, -0.15) is 5.26 Å². The van der Waals surface area contributed by atoms with E-state index >= 15 is 0 Å². The highest BCUT2D eigenvalue weighted by molar-refractivity contribution is 8.03. The second kappa shape index (κ2) is 5.41. The molecule has 0 fully saturated rings. The molecule has 0 N–H and O–H groups in total. The first-order chi connectivity index (χ1) is 8.49. The minimum atomic E-state index is -1.48. The molecular weight excluding hydrogens is 313 g/mol. The Kier molecular flexibility index (Phi) is 4.08. The molecule has 0 radical (unpaired) electrons. The lowest BCUT2D eigenvalue weighted by molar-refractivity contribution is 1.27. The molecule has 0 atom stereocenters. The van der Waals surface area contributed by atoms with Crippen LogP contribution in [0.3, 0.4) is 0 Å². The van der Waals surface area contributed by atoms with E-state index in [0.29, 0.717) is 16.8 Å². The Balaban J connectivity index is 2.41. The summed E-state index contributed by atoms with van der Waals surface area (Å²) in [6, 6.07) is 7.58. The number of hydrogen-bond donors (Lipinski definition) is 0. The first kappa shape index (κ1) is 13.6.